The van der Waals surface area contributed by atoms with E-state index in [4.69, 9.17) is 14.2 Å². The summed E-state index contributed by atoms with van der Waals surface area (Å²) in [6, 6.07) is 6.31. The van der Waals surface area contributed by atoms with Gasteiger partial charge in [0.2, 0.25) is 0 Å². The van der Waals surface area contributed by atoms with Gasteiger partial charge in [0.1, 0.15) is 6.10 Å². The quantitative estimate of drug-likeness (QED) is 0.901. The molecule has 3 rings (SSSR count). The number of nitrogens with one attached hydrogen (secondary N) is 1. The van der Waals surface area contributed by atoms with Crippen LogP contribution >= 0.6 is 0 Å². The van der Waals surface area contributed by atoms with E-state index in [9.17, 15) is 0 Å². The van der Waals surface area contributed by atoms with Gasteiger partial charge in [-0.05, 0) is 43.0 Å². The predicted octanol–water partition coefficient (Wildman–Crippen LogP) is 1.94. The van der Waals surface area contributed by atoms with Gasteiger partial charge in [-0.3, -0.25) is 0 Å². The number of hydrogen-bond acceptors (Lipinski definition) is 4. The highest BCUT2D eigenvalue weighted by molar-refractivity contribution is 5.44. The first kappa shape index (κ1) is 12.8. The van der Waals surface area contributed by atoms with Crippen molar-refractivity contribution in [2.45, 2.75) is 24.9 Å². The van der Waals surface area contributed by atoms with Crippen molar-refractivity contribution in [3.63, 3.8) is 0 Å². The Labute approximate surface area is 114 Å². The molecule has 0 bridgehead atoms. The fourth-order valence-electron chi connectivity index (χ4n) is 2.63. The molecule has 104 valence electrons. The third-order valence-electron chi connectivity index (χ3n) is 3.86. The molecule has 2 aliphatic heterocycles. The molecule has 2 aliphatic rings. The molecule has 2 fully saturated rings. The second kappa shape index (κ2) is 5.80. The molecule has 0 aromatic heterocycles. The summed E-state index contributed by atoms with van der Waals surface area (Å²) in [7, 11) is 1.70. The number of piperidine rings is 1. The Hall–Kier alpha value is -1.26. The zero-order chi connectivity index (χ0) is 13.1. The summed E-state index contributed by atoms with van der Waals surface area (Å²) < 4.78 is 16.4. The van der Waals surface area contributed by atoms with Gasteiger partial charge in [-0.2, -0.15) is 0 Å². The molecule has 1 aromatic carbocycles. The maximum absolute atomic E-state index is 5.85. The van der Waals surface area contributed by atoms with E-state index in [1.807, 2.05) is 6.07 Å². The van der Waals surface area contributed by atoms with Crippen molar-refractivity contribution in [2.24, 2.45) is 0 Å². The standard InChI is InChI=1S/C15H21NO3/c1-17-15-7-11(12-3-2-6-16-8-12)4-5-14(15)19-13-9-18-10-13/h4-5,7,12-13,16H,2-3,6,8-10H2,1H3. The van der Waals surface area contributed by atoms with Gasteiger partial charge in [0.05, 0.1) is 20.3 Å². The molecule has 0 amide bonds. The lowest BCUT2D eigenvalue weighted by Gasteiger charge is -2.28. The normalized spacial score (nSPS) is 23.7. The molecule has 19 heavy (non-hydrogen) atoms. The highest BCUT2D eigenvalue weighted by Gasteiger charge is 2.22. The molecule has 1 N–H and O–H groups in total. The van der Waals surface area contributed by atoms with E-state index in [1.54, 1.807) is 7.11 Å². The lowest BCUT2D eigenvalue weighted by molar-refractivity contribution is -0.0803. The number of rotatable bonds is 4. The van der Waals surface area contributed by atoms with Gasteiger partial charge in [0, 0.05) is 6.54 Å². The zero-order valence-corrected chi connectivity index (χ0v) is 11.4. The third-order valence-corrected chi connectivity index (χ3v) is 3.86. The van der Waals surface area contributed by atoms with Crippen molar-refractivity contribution in [3.8, 4) is 11.5 Å². The number of hydrogen-bond donors (Lipinski definition) is 1. The van der Waals surface area contributed by atoms with Crippen LogP contribution in [0.2, 0.25) is 0 Å². The van der Waals surface area contributed by atoms with E-state index >= 15 is 0 Å². The smallest absolute Gasteiger partial charge is 0.161 e. The summed E-state index contributed by atoms with van der Waals surface area (Å²) >= 11 is 0. The van der Waals surface area contributed by atoms with Crippen molar-refractivity contribution in [3.05, 3.63) is 23.8 Å². The van der Waals surface area contributed by atoms with Gasteiger partial charge in [-0.15, -0.1) is 0 Å². The highest BCUT2D eigenvalue weighted by atomic mass is 16.6. The molecular formula is C15H21NO3. The first-order valence-corrected chi connectivity index (χ1v) is 7.00. The first-order chi connectivity index (χ1) is 9.36. The maximum Gasteiger partial charge on any atom is 0.161 e. The van der Waals surface area contributed by atoms with E-state index in [1.165, 1.54) is 18.4 Å². The summed E-state index contributed by atoms with van der Waals surface area (Å²) in [6.07, 6.45) is 2.66. The van der Waals surface area contributed by atoms with Crippen LogP contribution < -0.4 is 14.8 Å². The Balaban J connectivity index is 1.75. The van der Waals surface area contributed by atoms with Crippen molar-refractivity contribution < 1.29 is 14.2 Å². The van der Waals surface area contributed by atoms with Crippen LogP contribution in [0.1, 0.15) is 24.3 Å². The average molecular weight is 263 g/mol. The van der Waals surface area contributed by atoms with Gasteiger partial charge in [0.15, 0.2) is 11.5 Å². The van der Waals surface area contributed by atoms with Gasteiger partial charge in [-0.1, -0.05) is 6.07 Å². The second-order valence-electron chi connectivity index (χ2n) is 5.23. The van der Waals surface area contributed by atoms with Crippen LogP contribution in [0.25, 0.3) is 0 Å². The van der Waals surface area contributed by atoms with E-state index in [-0.39, 0.29) is 6.10 Å². The average Bonchev–Trinajstić information content (AvgIpc) is 2.44. The van der Waals surface area contributed by atoms with Gasteiger partial charge < -0.3 is 19.5 Å². The zero-order valence-electron chi connectivity index (χ0n) is 11.4. The lowest BCUT2D eigenvalue weighted by atomic mass is 9.91. The summed E-state index contributed by atoms with van der Waals surface area (Å²) in [5.74, 6) is 2.24. The van der Waals surface area contributed by atoms with E-state index in [2.05, 4.69) is 17.4 Å². The fraction of sp³-hybridized carbons (Fsp3) is 0.600. The van der Waals surface area contributed by atoms with Crippen LogP contribution in [0, 0.1) is 0 Å². The largest absolute Gasteiger partial charge is 0.493 e. The minimum atomic E-state index is 0.177. The van der Waals surface area contributed by atoms with Crippen LogP contribution in [0.5, 0.6) is 11.5 Å². The molecule has 1 aromatic rings. The third kappa shape index (κ3) is 2.85. The number of methoxy groups -OCH3 is 1. The van der Waals surface area contributed by atoms with Crippen LogP contribution in [0.4, 0.5) is 0 Å². The van der Waals surface area contributed by atoms with E-state index < -0.39 is 0 Å². The molecule has 2 heterocycles. The fourth-order valence-corrected chi connectivity index (χ4v) is 2.63. The van der Waals surface area contributed by atoms with Crippen molar-refractivity contribution in [1.82, 2.24) is 5.32 Å². The minimum Gasteiger partial charge on any atom is -0.493 e. The lowest BCUT2D eigenvalue weighted by Crippen LogP contribution is -2.38. The monoisotopic (exact) mass is 263 g/mol. The van der Waals surface area contributed by atoms with Crippen molar-refractivity contribution >= 4 is 0 Å². The second-order valence-corrected chi connectivity index (χ2v) is 5.23. The van der Waals surface area contributed by atoms with E-state index in [0.29, 0.717) is 19.1 Å². The van der Waals surface area contributed by atoms with Crippen LogP contribution in [-0.2, 0) is 4.74 Å². The number of ether oxygens (including phenoxy) is 3. The molecule has 1 unspecified atom stereocenters. The number of benzene rings is 1. The summed E-state index contributed by atoms with van der Waals surface area (Å²) in [6.45, 7) is 3.55. The summed E-state index contributed by atoms with van der Waals surface area (Å²) in [4.78, 5) is 0. The van der Waals surface area contributed by atoms with Crippen LogP contribution in [0.15, 0.2) is 18.2 Å². The first-order valence-electron chi connectivity index (χ1n) is 7.00. The molecule has 4 nitrogen and oxygen atoms in total. The SMILES string of the molecule is COc1cc(C2CCCNC2)ccc1OC1COC1. The molecule has 0 spiro atoms. The Bertz CT molecular complexity index is 425. The van der Waals surface area contributed by atoms with Gasteiger partial charge in [0.25, 0.3) is 0 Å². The molecule has 4 heteroatoms. The molecular weight excluding hydrogens is 242 g/mol. The summed E-state index contributed by atoms with van der Waals surface area (Å²) in [5, 5.41) is 3.45. The molecule has 2 saturated heterocycles. The highest BCUT2D eigenvalue weighted by Crippen LogP contribution is 2.34. The predicted molar refractivity (Wildman–Crippen MR) is 73.1 cm³/mol. The maximum atomic E-state index is 5.85. The molecule has 0 aliphatic carbocycles. The van der Waals surface area contributed by atoms with Crippen molar-refractivity contribution in [2.75, 3.05) is 33.4 Å². The van der Waals surface area contributed by atoms with Gasteiger partial charge >= 0.3 is 0 Å². The van der Waals surface area contributed by atoms with Gasteiger partial charge in [-0.25, -0.2) is 0 Å². The van der Waals surface area contributed by atoms with Crippen LogP contribution in [-0.4, -0.2) is 39.5 Å². The molecule has 0 radical (unpaired) electrons. The molecule has 1 atom stereocenters. The molecule has 0 saturated carbocycles. The van der Waals surface area contributed by atoms with Crippen LogP contribution in [0.3, 0.4) is 0 Å². The Morgan fingerprint density at radius 1 is 1.26 bits per heavy atom. The Morgan fingerprint density at radius 3 is 2.79 bits per heavy atom. The minimum absolute atomic E-state index is 0.177. The topological polar surface area (TPSA) is 39.7 Å². The summed E-state index contributed by atoms with van der Waals surface area (Å²) in [5.41, 5.74) is 1.33. The Morgan fingerprint density at radius 2 is 2.16 bits per heavy atom. The Kier molecular flexibility index (Phi) is 3.89. The van der Waals surface area contributed by atoms with Crippen molar-refractivity contribution in [1.29, 1.82) is 0 Å². The van der Waals surface area contributed by atoms with E-state index in [0.717, 1.165) is 24.6 Å².